The largest absolute Gasteiger partial charge is 0.416 e. The van der Waals surface area contributed by atoms with Gasteiger partial charge in [-0.15, -0.1) is 0 Å². The van der Waals surface area contributed by atoms with Crippen molar-refractivity contribution in [2.24, 2.45) is 21.7 Å². The third-order valence-corrected chi connectivity index (χ3v) is 5.65. The first kappa shape index (κ1) is 30.1. The molecule has 1 aliphatic rings. The molecule has 0 saturated carbocycles. The number of rotatable bonds is 9. The Labute approximate surface area is 229 Å². The molecule has 10 nitrogen and oxygen atoms in total. The standard InChI is InChI=1S/C26H31F4N9O/c1-5-23(17(2)34-25(22(27)15-31)38-8-10-40-11-9-38)36-39(32)24-7-6-19(16-33-24)35-20-12-18(26(28,29)30)13-21(14-20)37(3)4/h5-7,12-16,35H,1-2,8-11,31-32H2,3-4H3/b22-15+,34-25?,36-23+. The molecule has 14 heteroatoms. The van der Waals surface area contributed by atoms with Gasteiger partial charge in [0.2, 0.25) is 0 Å². The molecule has 2 aromatic rings. The van der Waals surface area contributed by atoms with Gasteiger partial charge in [0.1, 0.15) is 5.71 Å². The van der Waals surface area contributed by atoms with Crippen LogP contribution in [0.2, 0.25) is 0 Å². The van der Waals surface area contributed by atoms with E-state index in [0.29, 0.717) is 37.7 Å². The van der Waals surface area contributed by atoms with Gasteiger partial charge in [0.15, 0.2) is 17.5 Å². The zero-order chi connectivity index (χ0) is 29.4. The predicted octanol–water partition coefficient (Wildman–Crippen LogP) is 4.15. The number of alkyl halides is 3. The molecule has 2 heterocycles. The number of nitrogens with zero attached hydrogens (tertiary/aromatic N) is 6. The van der Waals surface area contributed by atoms with Crippen molar-refractivity contribution in [2.45, 2.75) is 6.18 Å². The number of nitrogens with one attached hydrogen (secondary N) is 1. The quantitative estimate of drug-likeness (QED) is 0.137. The number of nitrogens with two attached hydrogens (primary N) is 2. The van der Waals surface area contributed by atoms with E-state index in [-0.39, 0.29) is 28.7 Å². The Kier molecular flexibility index (Phi) is 9.85. The fourth-order valence-electron chi connectivity index (χ4n) is 3.56. The minimum Gasteiger partial charge on any atom is -0.402 e. The average Bonchev–Trinajstić information content (AvgIpc) is 2.94. The summed E-state index contributed by atoms with van der Waals surface area (Å²) in [6, 6.07) is 6.74. The van der Waals surface area contributed by atoms with Crippen LogP contribution < -0.4 is 26.9 Å². The topological polar surface area (TPSA) is 121 Å². The van der Waals surface area contributed by atoms with Gasteiger partial charge < -0.3 is 25.6 Å². The van der Waals surface area contributed by atoms with Crippen molar-refractivity contribution in [2.75, 3.05) is 55.7 Å². The number of halogens is 4. The summed E-state index contributed by atoms with van der Waals surface area (Å²) in [4.78, 5) is 11.7. The third kappa shape index (κ3) is 7.80. The van der Waals surface area contributed by atoms with Crippen LogP contribution in [0.4, 0.5) is 40.4 Å². The second-order valence-electron chi connectivity index (χ2n) is 8.72. The van der Waals surface area contributed by atoms with Crippen LogP contribution in [-0.4, -0.2) is 61.8 Å². The second kappa shape index (κ2) is 13.1. The Bertz CT molecular complexity index is 1300. The lowest BCUT2D eigenvalue weighted by Gasteiger charge is -2.29. The van der Waals surface area contributed by atoms with Crippen LogP contribution in [0.3, 0.4) is 0 Å². The Morgan fingerprint density at radius 1 is 1.18 bits per heavy atom. The minimum atomic E-state index is -4.51. The van der Waals surface area contributed by atoms with Crippen molar-refractivity contribution < 1.29 is 22.3 Å². The number of aromatic nitrogens is 1. The fourth-order valence-corrected chi connectivity index (χ4v) is 3.56. The number of morpholine rings is 1. The smallest absolute Gasteiger partial charge is 0.402 e. The maximum atomic E-state index is 14.5. The van der Waals surface area contributed by atoms with Crippen molar-refractivity contribution in [3.05, 3.63) is 79.0 Å². The molecule has 1 saturated heterocycles. The molecule has 5 N–H and O–H groups in total. The van der Waals surface area contributed by atoms with Crippen LogP contribution in [0.25, 0.3) is 0 Å². The molecule has 214 valence electrons. The molecule has 1 aromatic heterocycles. The third-order valence-electron chi connectivity index (χ3n) is 5.65. The van der Waals surface area contributed by atoms with Crippen molar-refractivity contribution >= 4 is 34.4 Å². The molecule has 0 bridgehead atoms. The first-order valence-electron chi connectivity index (χ1n) is 12.0. The molecule has 0 amide bonds. The second-order valence-corrected chi connectivity index (χ2v) is 8.72. The monoisotopic (exact) mass is 561 g/mol. The number of ether oxygens (including phenoxy) is 1. The highest BCUT2D eigenvalue weighted by molar-refractivity contribution is 6.10. The number of hydrogen-bond donors (Lipinski definition) is 3. The summed E-state index contributed by atoms with van der Waals surface area (Å²) in [7, 11) is 3.30. The van der Waals surface area contributed by atoms with E-state index < -0.39 is 17.6 Å². The summed E-state index contributed by atoms with van der Waals surface area (Å²) in [5.41, 5.74) is 5.83. The Hall–Kier alpha value is -4.43. The summed E-state index contributed by atoms with van der Waals surface area (Å²) >= 11 is 0. The molecule has 0 aliphatic carbocycles. The summed E-state index contributed by atoms with van der Waals surface area (Å²) in [6.07, 6.45) is -0.964. The maximum Gasteiger partial charge on any atom is 0.416 e. The van der Waals surface area contributed by atoms with E-state index in [1.165, 1.54) is 18.3 Å². The van der Waals surface area contributed by atoms with E-state index in [9.17, 15) is 17.6 Å². The number of aliphatic imine (C=N–C) groups is 1. The highest BCUT2D eigenvalue weighted by atomic mass is 19.4. The Morgan fingerprint density at radius 2 is 1.88 bits per heavy atom. The van der Waals surface area contributed by atoms with Gasteiger partial charge in [0.05, 0.1) is 36.4 Å². The van der Waals surface area contributed by atoms with Gasteiger partial charge in [-0.1, -0.05) is 13.2 Å². The fraction of sp³-hybridized carbons (Fsp3) is 0.269. The molecule has 0 atom stereocenters. The number of anilines is 4. The number of hydrazine groups is 1. The van der Waals surface area contributed by atoms with E-state index in [4.69, 9.17) is 16.3 Å². The highest BCUT2D eigenvalue weighted by Gasteiger charge is 2.31. The summed E-state index contributed by atoms with van der Waals surface area (Å²) < 4.78 is 59.9. The first-order chi connectivity index (χ1) is 18.9. The van der Waals surface area contributed by atoms with E-state index >= 15 is 0 Å². The first-order valence-corrected chi connectivity index (χ1v) is 12.0. The van der Waals surface area contributed by atoms with Crippen molar-refractivity contribution in [3.63, 3.8) is 0 Å². The maximum absolute atomic E-state index is 14.5. The molecule has 3 rings (SSSR count). The Morgan fingerprint density at radius 3 is 2.42 bits per heavy atom. The van der Waals surface area contributed by atoms with Crippen LogP contribution in [0, 0.1) is 0 Å². The van der Waals surface area contributed by atoms with Crippen LogP contribution in [-0.2, 0) is 10.9 Å². The van der Waals surface area contributed by atoms with E-state index in [1.807, 2.05) is 0 Å². The van der Waals surface area contributed by atoms with E-state index in [0.717, 1.165) is 23.5 Å². The average molecular weight is 562 g/mol. The van der Waals surface area contributed by atoms with Crippen molar-refractivity contribution in [1.82, 2.24) is 9.88 Å². The number of allylic oxidation sites excluding steroid dienone is 1. The van der Waals surface area contributed by atoms with Crippen LogP contribution in [0.5, 0.6) is 0 Å². The predicted molar refractivity (Wildman–Crippen MR) is 150 cm³/mol. The number of pyridine rings is 1. The van der Waals surface area contributed by atoms with Crippen molar-refractivity contribution in [1.29, 1.82) is 0 Å². The van der Waals surface area contributed by atoms with Gasteiger partial charge in [-0.25, -0.2) is 20.2 Å². The lowest BCUT2D eigenvalue weighted by molar-refractivity contribution is -0.137. The SMILES string of the molecule is C=C/C(=N\N(N)c1ccc(Nc2cc(N(C)C)cc(C(F)(F)F)c2)cn1)C(=C)N=C(/C(F)=C\N)N1CCOCC1. The normalized spacial score (nSPS) is 15.1. The van der Waals surface area contributed by atoms with Crippen molar-refractivity contribution in [3.8, 4) is 0 Å². The molecule has 40 heavy (non-hydrogen) atoms. The Balaban J connectivity index is 1.80. The van der Waals surface area contributed by atoms with E-state index in [1.54, 1.807) is 36.0 Å². The zero-order valence-electron chi connectivity index (χ0n) is 22.1. The van der Waals surface area contributed by atoms with Gasteiger partial charge in [-0.3, -0.25) is 0 Å². The molecule has 1 aromatic carbocycles. The molecular formula is C26H31F4N9O. The highest BCUT2D eigenvalue weighted by Crippen LogP contribution is 2.35. The van der Waals surface area contributed by atoms with Gasteiger partial charge in [-0.05, 0) is 36.4 Å². The minimum absolute atomic E-state index is 0.0190. The van der Waals surface area contributed by atoms with Gasteiger partial charge >= 0.3 is 6.18 Å². The molecule has 1 fully saturated rings. The molecular weight excluding hydrogens is 530 g/mol. The summed E-state index contributed by atoms with van der Waals surface area (Å²) in [6.45, 7) is 9.19. The summed E-state index contributed by atoms with van der Waals surface area (Å²) in [5.74, 6) is 5.49. The van der Waals surface area contributed by atoms with Crippen LogP contribution >= 0.6 is 0 Å². The molecule has 0 spiro atoms. The van der Waals surface area contributed by atoms with Gasteiger partial charge in [-0.2, -0.15) is 23.4 Å². The summed E-state index contributed by atoms with van der Waals surface area (Å²) in [5, 5.41) is 8.07. The number of benzene rings is 1. The van der Waals surface area contributed by atoms with Crippen LogP contribution in [0.15, 0.2) is 83.6 Å². The lowest BCUT2D eigenvalue weighted by Crippen LogP contribution is -2.41. The van der Waals surface area contributed by atoms with E-state index in [2.05, 4.69) is 33.6 Å². The molecule has 0 radical (unpaired) electrons. The number of hydrazone groups is 1. The molecule has 0 unspecified atom stereocenters. The molecule has 1 aliphatic heterocycles. The van der Waals surface area contributed by atoms with Gasteiger partial charge in [0.25, 0.3) is 0 Å². The zero-order valence-corrected chi connectivity index (χ0v) is 22.1. The van der Waals surface area contributed by atoms with Crippen LogP contribution in [0.1, 0.15) is 5.56 Å². The number of hydrogen-bond acceptors (Lipinski definition) is 9. The number of amidine groups is 1. The van der Waals surface area contributed by atoms with Gasteiger partial charge in [0, 0.05) is 44.8 Å². The lowest BCUT2D eigenvalue weighted by atomic mass is 10.1.